The van der Waals surface area contributed by atoms with E-state index < -0.39 is 0 Å². The first-order valence-electron chi connectivity index (χ1n) is 17.7. The van der Waals surface area contributed by atoms with E-state index in [4.69, 9.17) is 11.5 Å². The van der Waals surface area contributed by atoms with E-state index in [2.05, 4.69) is 128 Å². The van der Waals surface area contributed by atoms with Gasteiger partial charge in [0, 0.05) is 36.4 Å². The van der Waals surface area contributed by atoms with E-state index in [0.717, 1.165) is 17.8 Å². The first-order chi connectivity index (χ1) is 21.7. The summed E-state index contributed by atoms with van der Waals surface area (Å²) in [4.78, 5) is 2.19. The van der Waals surface area contributed by atoms with Crippen LogP contribution in [0.4, 0.5) is 0 Å². The smallest absolute Gasteiger partial charge is 0.0606 e. The normalized spacial score (nSPS) is 25.8. The van der Waals surface area contributed by atoms with Crippen molar-refractivity contribution in [1.82, 2.24) is 4.90 Å². The fourth-order valence-corrected chi connectivity index (χ4v) is 7.58. The lowest BCUT2D eigenvalue weighted by Crippen LogP contribution is -2.49. The molecule has 0 spiro atoms. The summed E-state index contributed by atoms with van der Waals surface area (Å²) in [7, 11) is 0. The van der Waals surface area contributed by atoms with Gasteiger partial charge in [0.15, 0.2) is 0 Å². The van der Waals surface area contributed by atoms with Crippen LogP contribution in [0.3, 0.4) is 0 Å². The van der Waals surface area contributed by atoms with Crippen LogP contribution in [0.2, 0.25) is 0 Å². The summed E-state index contributed by atoms with van der Waals surface area (Å²) in [5.41, 5.74) is 24.4. The summed E-state index contributed by atoms with van der Waals surface area (Å²) < 4.78 is 0. The minimum Gasteiger partial charge on any atom is -0.400 e. The molecule has 0 fully saturated rings. The van der Waals surface area contributed by atoms with Gasteiger partial charge in [-0.15, -0.1) is 0 Å². The van der Waals surface area contributed by atoms with Crippen LogP contribution in [0, 0.1) is 22.7 Å². The van der Waals surface area contributed by atoms with Crippen molar-refractivity contribution in [1.29, 1.82) is 0 Å². The second kappa shape index (κ2) is 16.8. The van der Waals surface area contributed by atoms with Crippen molar-refractivity contribution in [3.63, 3.8) is 0 Å². The zero-order valence-electron chi connectivity index (χ0n) is 30.6. The van der Waals surface area contributed by atoms with E-state index in [1.54, 1.807) is 0 Å². The van der Waals surface area contributed by atoms with Gasteiger partial charge in [-0.05, 0) is 101 Å². The molecule has 1 heterocycles. The molecule has 0 radical (unpaired) electrons. The van der Waals surface area contributed by atoms with E-state index in [9.17, 15) is 5.11 Å². The molecule has 0 aromatic heterocycles. The maximum absolute atomic E-state index is 9.79. The summed E-state index contributed by atoms with van der Waals surface area (Å²) in [5, 5.41) is 9.79. The van der Waals surface area contributed by atoms with Crippen molar-refractivity contribution in [3.05, 3.63) is 106 Å². The largest absolute Gasteiger partial charge is 0.400 e. The molecule has 3 rings (SSSR count). The van der Waals surface area contributed by atoms with Gasteiger partial charge in [0.05, 0.1) is 6.61 Å². The van der Waals surface area contributed by atoms with Crippen LogP contribution in [0.25, 0.3) is 0 Å². The number of aliphatic hydroxyl groups excluding tert-OH is 1. The lowest BCUT2D eigenvalue weighted by molar-refractivity contribution is 0.194. The molecule has 0 aromatic rings. The highest BCUT2D eigenvalue weighted by Gasteiger charge is 2.31. The number of nitrogens with two attached hydrogens (primary N) is 2. The Labute approximate surface area is 282 Å². The third-order valence-corrected chi connectivity index (χ3v) is 10.4. The molecule has 5 N–H and O–H groups in total. The van der Waals surface area contributed by atoms with E-state index >= 15 is 0 Å². The summed E-state index contributed by atoms with van der Waals surface area (Å²) >= 11 is 0. The Bertz CT molecular complexity index is 1340. The Balaban J connectivity index is 1.71. The minimum absolute atomic E-state index is 0.0366. The number of hydrogen-bond acceptors (Lipinski definition) is 4. The van der Waals surface area contributed by atoms with E-state index in [-0.39, 0.29) is 35.3 Å². The van der Waals surface area contributed by atoms with E-state index in [1.807, 2.05) is 0 Å². The van der Waals surface area contributed by atoms with Crippen LogP contribution < -0.4 is 11.5 Å². The molecule has 3 atom stereocenters. The summed E-state index contributed by atoms with van der Waals surface area (Å²) in [6.45, 7) is 21.9. The van der Waals surface area contributed by atoms with Crippen molar-refractivity contribution in [3.8, 4) is 0 Å². The average molecular weight is 628 g/mol. The number of allylic oxidation sites excluding steroid dienone is 16. The maximum atomic E-state index is 9.79. The molecule has 4 heteroatoms. The van der Waals surface area contributed by atoms with Crippen LogP contribution >= 0.6 is 0 Å². The highest BCUT2D eigenvalue weighted by Crippen LogP contribution is 2.42. The monoisotopic (exact) mass is 628 g/mol. The van der Waals surface area contributed by atoms with Crippen LogP contribution in [-0.2, 0) is 0 Å². The molecular formula is C42H65N3O. The molecule has 0 saturated heterocycles. The predicted octanol–water partition coefficient (Wildman–Crippen LogP) is 9.60. The van der Waals surface area contributed by atoms with Crippen molar-refractivity contribution < 1.29 is 5.11 Å². The number of aliphatic hydroxyl groups is 1. The zero-order chi connectivity index (χ0) is 34.1. The van der Waals surface area contributed by atoms with Gasteiger partial charge >= 0.3 is 0 Å². The molecule has 0 saturated carbocycles. The Kier molecular flexibility index (Phi) is 13.8. The molecule has 2 aliphatic carbocycles. The molecule has 0 bridgehead atoms. The highest BCUT2D eigenvalue weighted by atomic mass is 16.3. The Hall–Kier alpha value is -2.82. The molecule has 1 aliphatic heterocycles. The van der Waals surface area contributed by atoms with Gasteiger partial charge in [0.25, 0.3) is 0 Å². The molecule has 4 nitrogen and oxygen atoms in total. The summed E-state index contributed by atoms with van der Waals surface area (Å²) in [5.74, 6) is 0.253. The van der Waals surface area contributed by atoms with Gasteiger partial charge in [-0.3, -0.25) is 0 Å². The second-order valence-corrected chi connectivity index (χ2v) is 15.6. The second-order valence-electron chi connectivity index (χ2n) is 15.6. The molecule has 0 aromatic carbocycles. The third kappa shape index (κ3) is 10.3. The van der Waals surface area contributed by atoms with E-state index in [0.29, 0.717) is 13.1 Å². The summed E-state index contributed by atoms with van der Waals surface area (Å²) in [6, 6.07) is -0.122. The minimum atomic E-state index is -0.122. The third-order valence-electron chi connectivity index (χ3n) is 10.4. The maximum Gasteiger partial charge on any atom is 0.0606 e. The topological polar surface area (TPSA) is 75.5 Å². The standard InChI is InChI=1S/C42H65N3O/c1-30(20-22-36-33(4)17-12-24-41(36,6)7)14-10-16-32(3)28-39-40(44)35(38(43)29-45(39)26-27-46)19-11-15-31(2)21-23-37-34(5)18-13-25-42(37,8)9/h10-11,14-16,19-23,32,35,38,46H,12-13,17-18,24-29,43-44H2,1-9H3/b16-10+,19-11+,22-20+,23-21+,30-14+,31-15+. The lowest BCUT2D eigenvalue weighted by Gasteiger charge is -2.40. The van der Waals surface area contributed by atoms with Gasteiger partial charge < -0.3 is 21.5 Å². The number of hydrogen-bond donors (Lipinski definition) is 3. The van der Waals surface area contributed by atoms with Crippen molar-refractivity contribution in [2.45, 2.75) is 113 Å². The van der Waals surface area contributed by atoms with Gasteiger partial charge in [-0.1, -0.05) is 118 Å². The molecule has 3 aliphatic rings. The van der Waals surface area contributed by atoms with Gasteiger partial charge in [0.1, 0.15) is 0 Å². The highest BCUT2D eigenvalue weighted by molar-refractivity contribution is 5.38. The Morgan fingerprint density at radius 1 is 0.913 bits per heavy atom. The van der Waals surface area contributed by atoms with Crippen LogP contribution in [-0.4, -0.2) is 35.7 Å². The van der Waals surface area contributed by atoms with Crippen LogP contribution in [0.5, 0.6) is 0 Å². The van der Waals surface area contributed by atoms with Crippen molar-refractivity contribution >= 4 is 0 Å². The molecule has 254 valence electrons. The number of β-amino-alcohol motifs (C(OH)–C–C–N with tert-alkyl or cyclic N) is 1. The number of rotatable bonds is 12. The molecule has 0 amide bonds. The zero-order valence-corrected chi connectivity index (χ0v) is 30.6. The Morgan fingerprint density at radius 2 is 1.43 bits per heavy atom. The summed E-state index contributed by atoms with van der Waals surface area (Å²) in [6.07, 6.45) is 30.5. The molecule has 46 heavy (non-hydrogen) atoms. The SMILES string of the molecule is CC1=C(/C=C/C(C)=C/C=C/C(C)CC2=C(N)C(/C=C/C=C(C)/C=C/C3=C(C)CCCC3(C)C)C(N)CN2CCO)C(C)(C)CCC1. The first kappa shape index (κ1) is 37.6. The average Bonchev–Trinajstić information content (AvgIpc) is 2.95. The fraction of sp³-hybridized carbons (Fsp3) is 0.571. The predicted molar refractivity (Wildman–Crippen MR) is 200 cm³/mol. The van der Waals surface area contributed by atoms with Gasteiger partial charge in [-0.25, -0.2) is 0 Å². The van der Waals surface area contributed by atoms with Gasteiger partial charge in [0.2, 0.25) is 0 Å². The van der Waals surface area contributed by atoms with E-state index in [1.165, 1.54) is 72.0 Å². The lowest BCUT2D eigenvalue weighted by atomic mass is 9.72. The quantitative estimate of drug-likeness (QED) is 0.188. The van der Waals surface area contributed by atoms with Crippen molar-refractivity contribution in [2.75, 3.05) is 19.7 Å². The molecule has 3 unspecified atom stereocenters. The van der Waals surface area contributed by atoms with Crippen LogP contribution in [0.1, 0.15) is 107 Å². The number of nitrogens with zero attached hydrogens (tertiary/aromatic N) is 1. The van der Waals surface area contributed by atoms with Crippen LogP contribution in [0.15, 0.2) is 106 Å². The Morgan fingerprint density at radius 3 is 1.93 bits per heavy atom. The first-order valence-corrected chi connectivity index (χ1v) is 17.7. The van der Waals surface area contributed by atoms with Crippen molar-refractivity contribution in [2.24, 2.45) is 34.1 Å². The molecular weight excluding hydrogens is 562 g/mol. The fourth-order valence-electron chi connectivity index (χ4n) is 7.58. The van der Waals surface area contributed by atoms with Gasteiger partial charge in [-0.2, -0.15) is 0 Å².